The number of pyridine rings is 1. The summed E-state index contributed by atoms with van der Waals surface area (Å²) in [7, 11) is 0. The van der Waals surface area contributed by atoms with Crippen LogP contribution in [0.2, 0.25) is 0 Å². The van der Waals surface area contributed by atoms with E-state index in [0.29, 0.717) is 12.5 Å². The lowest BCUT2D eigenvalue weighted by atomic mass is 9.71. The van der Waals surface area contributed by atoms with E-state index >= 15 is 0 Å². The molecule has 3 aromatic heterocycles. The summed E-state index contributed by atoms with van der Waals surface area (Å²) in [6.45, 7) is 3.13. The number of anilines is 1. The van der Waals surface area contributed by atoms with E-state index in [9.17, 15) is 4.79 Å². The molecule has 0 aliphatic carbocycles. The Kier molecular flexibility index (Phi) is 4.56. The van der Waals surface area contributed by atoms with Crippen molar-refractivity contribution in [2.45, 2.75) is 32.2 Å². The van der Waals surface area contributed by atoms with E-state index in [-0.39, 0.29) is 5.41 Å². The molecule has 0 bridgehead atoms. The second-order valence-electron chi connectivity index (χ2n) is 9.01. The number of benzene rings is 1. The fourth-order valence-corrected chi connectivity index (χ4v) is 5.35. The summed E-state index contributed by atoms with van der Waals surface area (Å²) in [5.41, 5.74) is 3.76. The molecule has 0 N–H and O–H groups in total. The van der Waals surface area contributed by atoms with Gasteiger partial charge < -0.3 is 9.80 Å². The van der Waals surface area contributed by atoms with Crippen LogP contribution in [0.1, 0.15) is 31.2 Å². The molecule has 0 radical (unpaired) electrons. The summed E-state index contributed by atoms with van der Waals surface area (Å²) in [6, 6.07) is 14.0. The molecule has 2 aliphatic rings. The number of hydrogen-bond donors (Lipinski definition) is 0. The van der Waals surface area contributed by atoms with E-state index < -0.39 is 0 Å². The van der Waals surface area contributed by atoms with Gasteiger partial charge in [0.15, 0.2) is 0 Å². The van der Waals surface area contributed by atoms with Gasteiger partial charge >= 0.3 is 0 Å². The van der Waals surface area contributed by atoms with Gasteiger partial charge in [-0.2, -0.15) is 5.10 Å². The molecule has 2 aliphatic heterocycles. The van der Waals surface area contributed by atoms with Gasteiger partial charge in [0.25, 0.3) is 0 Å². The Balaban J connectivity index is 1.18. The predicted molar refractivity (Wildman–Crippen MR) is 123 cm³/mol. The van der Waals surface area contributed by atoms with E-state index in [4.69, 9.17) is 4.98 Å². The fraction of sp³-hybridized carbons (Fsp3) is 0.360. The van der Waals surface area contributed by atoms with Gasteiger partial charge in [-0.3, -0.25) is 9.78 Å². The first-order valence-electron chi connectivity index (χ1n) is 11.4. The van der Waals surface area contributed by atoms with Crippen LogP contribution in [0.15, 0.2) is 61.1 Å². The average Bonchev–Trinajstić information content (AvgIpc) is 3.25. The van der Waals surface area contributed by atoms with Crippen LogP contribution in [0.5, 0.6) is 0 Å². The van der Waals surface area contributed by atoms with Crippen molar-refractivity contribution in [3.8, 4) is 0 Å². The maximum atomic E-state index is 13.6. The highest BCUT2D eigenvalue weighted by molar-refractivity contribution is 5.84. The number of piperidine rings is 2. The zero-order valence-corrected chi connectivity index (χ0v) is 18.0. The molecule has 0 saturated carbocycles. The van der Waals surface area contributed by atoms with Gasteiger partial charge in [-0.1, -0.05) is 18.2 Å². The third kappa shape index (κ3) is 3.20. The SMILES string of the molecule is O=C1N(Cc2cnn3ccccc23)CCCC12CCN(c1cnc3ccccc3n1)CC2. The second kappa shape index (κ2) is 7.58. The van der Waals surface area contributed by atoms with Gasteiger partial charge in [0, 0.05) is 37.9 Å². The topological polar surface area (TPSA) is 66.6 Å². The summed E-state index contributed by atoms with van der Waals surface area (Å²) < 4.78 is 1.88. The van der Waals surface area contributed by atoms with Gasteiger partial charge in [-0.05, 0) is 49.9 Å². The molecule has 2 saturated heterocycles. The minimum atomic E-state index is -0.248. The standard InChI is InChI=1S/C25H26N6O/c32-24-25(9-5-12-30(24)18-19-16-27-31-13-4-3-8-22(19)31)10-14-29(15-11-25)23-17-26-20-6-1-2-7-21(20)28-23/h1-4,6-8,13,16-17H,5,9-12,14-15,18H2. The molecule has 2 fully saturated rings. The molecular formula is C25H26N6O. The van der Waals surface area contributed by atoms with Gasteiger partial charge in [0.1, 0.15) is 5.82 Å². The van der Waals surface area contributed by atoms with Crippen LogP contribution in [0.3, 0.4) is 0 Å². The summed E-state index contributed by atoms with van der Waals surface area (Å²) in [5, 5.41) is 4.44. The van der Waals surface area contributed by atoms with E-state index in [0.717, 1.165) is 73.2 Å². The number of fused-ring (bicyclic) bond motifs is 2. The number of likely N-dealkylation sites (tertiary alicyclic amines) is 1. The maximum Gasteiger partial charge on any atom is 0.229 e. The Labute approximate surface area is 186 Å². The molecule has 6 rings (SSSR count). The quantitative estimate of drug-likeness (QED) is 0.500. The van der Waals surface area contributed by atoms with E-state index in [1.807, 2.05) is 59.5 Å². The molecule has 32 heavy (non-hydrogen) atoms. The Morgan fingerprint density at radius 3 is 2.59 bits per heavy atom. The summed E-state index contributed by atoms with van der Waals surface area (Å²) in [5.74, 6) is 1.22. The Morgan fingerprint density at radius 2 is 1.72 bits per heavy atom. The Hall–Kier alpha value is -3.48. The number of hydrogen-bond acceptors (Lipinski definition) is 5. The monoisotopic (exact) mass is 426 g/mol. The molecule has 0 atom stereocenters. The molecule has 4 aromatic rings. The molecule has 1 aromatic carbocycles. The van der Waals surface area contributed by atoms with E-state index in [1.54, 1.807) is 0 Å². The number of nitrogens with zero attached hydrogens (tertiary/aromatic N) is 6. The lowest BCUT2D eigenvalue weighted by Crippen LogP contribution is -2.53. The summed E-state index contributed by atoms with van der Waals surface area (Å²) in [4.78, 5) is 27.3. The van der Waals surface area contributed by atoms with Crippen LogP contribution < -0.4 is 4.90 Å². The first-order valence-corrected chi connectivity index (χ1v) is 11.4. The highest BCUT2D eigenvalue weighted by atomic mass is 16.2. The largest absolute Gasteiger partial charge is 0.355 e. The predicted octanol–water partition coefficient (Wildman–Crippen LogP) is 3.69. The van der Waals surface area contributed by atoms with Crippen LogP contribution in [-0.4, -0.2) is 50.0 Å². The minimum Gasteiger partial charge on any atom is -0.355 e. The van der Waals surface area contributed by atoms with Crippen molar-refractivity contribution in [3.63, 3.8) is 0 Å². The third-order valence-electron chi connectivity index (χ3n) is 7.17. The van der Waals surface area contributed by atoms with Crippen molar-refractivity contribution in [1.29, 1.82) is 0 Å². The van der Waals surface area contributed by atoms with Crippen molar-refractivity contribution < 1.29 is 4.79 Å². The summed E-state index contributed by atoms with van der Waals surface area (Å²) in [6.07, 6.45) is 9.47. The average molecular weight is 427 g/mol. The van der Waals surface area contributed by atoms with Crippen LogP contribution in [0.4, 0.5) is 5.82 Å². The lowest BCUT2D eigenvalue weighted by Gasteiger charge is -2.46. The van der Waals surface area contributed by atoms with Crippen LogP contribution in [0, 0.1) is 5.41 Å². The van der Waals surface area contributed by atoms with Gasteiger partial charge in [-0.25, -0.2) is 9.50 Å². The van der Waals surface area contributed by atoms with Crippen molar-refractivity contribution >= 4 is 28.3 Å². The van der Waals surface area contributed by atoms with Crippen LogP contribution in [-0.2, 0) is 11.3 Å². The highest BCUT2D eigenvalue weighted by Gasteiger charge is 2.45. The lowest BCUT2D eigenvalue weighted by molar-refractivity contribution is -0.148. The second-order valence-corrected chi connectivity index (χ2v) is 9.01. The zero-order valence-electron chi connectivity index (χ0n) is 18.0. The summed E-state index contributed by atoms with van der Waals surface area (Å²) >= 11 is 0. The number of carbonyl (C=O) groups excluding carboxylic acids is 1. The van der Waals surface area contributed by atoms with E-state index in [2.05, 4.69) is 25.9 Å². The zero-order chi connectivity index (χ0) is 21.5. The third-order valence-corrected chi connectivity index (χ3v) is 7.17. The van der Waals surface area contributed by atoms with Gasteiger partial charge in [-0.15, -0.1) is 0 Å². The molecule has 5 heterocycles. The van der Waals surface area contributed by atoms with Crippen molar-refractivity contribution in [3.05, 3.63) is 66.6 Å². The number of aromatic nitrogens is 4. The fourth-order valence-electron chi connectivity index (χ4n) is 5.35. The van der Waals surface area contributed by atoms with Crippen molar-refractivity contribution in [2.24, 2.45) is 5.41 Å². The minimum absolute atomic E-state index is 0.248. The van der Waals surface area contributed by atoms with Gasteiger partial charge in [0.2, 0.25) is 5.91 Å². The van der Waals surface area contributed by atoms with Crippen molar-refractivity contribution in [1.82, 2.24) is 24.5 Å². The number of amides is 1. The smallest absolute Gasteiger partial charge is 0.229 e. The molecular weight excluding hydrogens is 400 g/mol. The first kappa shape index (κ1) is 19.2. The number of carbonyl (C=O) groups is 1. The van der Waals surface area contributed by atoms with Crippen molar-refractivity contribution in [2.75, 3.05) is 24.5 Å². The maximum absolute atomic E-state index is 13.6. The molecule has 0 unspecified atom stereocenters. The van der Waals surface area contributed by atoms with Crippen LogP contribution in [0.25, 0.3) is 16.6 Å². The normalized spacial score (nSPS) is 18.7. The number of para-hydroxylation sites is 2. The molecule has 1 spiro atoms. The molecule has 162 valence electrons. The molecule has 1 amide bonds. The molecule has 7 heteroatoms. The molecule has 7 nitrogen and oxygen atoms in total. The highest BCUT2D eigenvalue weighted by Crippen LogP contribution is 2.42. The van der Waals surface area contributed by atoms with Gasteiger partial charge in [0.05, 0.1) is 34.4 Å². The first-order chi connectivity index (χ1) is 15.7. The Morgan fingerprint density at radius 1 is 0.906 bits per heavy atom. The van der Waals surface area contributed by atoms with E-state index in [1.165, 1.54) is 0 Å². The van der Waals surface area contributed by atoms with Crippen LogP contribution >= 0.6 is 0 Å². The Bertz CT molecular complexity index is 1290. The number of rotatable bonds is 3.